The summed E-state index contributed by atoms with van der Waals surface area (Å²) in [6, 6.07) is 3.02. The first-order valence-corrected chi connectivity index (χ1v) is 8.70. The number of rotatable bonds is 6. The number of ether oxygens (including phenoxy) is 1. The average molecular weight is 336 g/mol. The molecule has 0 atom stereocenters. The van der Waals surface area contributed by atoms with Crippen molar-refractivity contribution in [3.8, 4) is 5.75 Å². The average Bonchev–Trinajstić information content (AvgIpc) is 2.26. The first-order chi connectivity index (χ1) is 9.41. The number of hydrogen-bond donors (Lipinski definition) is 0. The van der Waals surface area contributed by atoms with E-state index in [0.29, 0.717) is 16.9 Å². The van der Waals surface area contributed by atoms with Crippen LogP contribution in [0.4, 0.5) is 5.69 Å². The van der Waals surface area contributed by atoms with Gasteiger partial charge in [-0.2, -0.15) is 0 Å². The highest BCUT2D eigenvalue weighted by molar-refractivity contribution is 8.13. The van der Waals surface area contributed by atoms with Gasteiger partial charge < -0.3 is 4.74 Å². The summed E-state index contributed by atoms with van der Waals surface area (Å²) in [4.78, 5) is 10.4. The van der Waals surface area contributed by atoms with Crippen molar-refractivity contribution >= 4 is 25.4 Å². The van der Waals surface area contributed by atoms with E-state index in [1.165, 1.54) is 6.07 Å². The van der Waals surface area contributed by atoms with Gasteiger partial charge in [-0.25, -0.2) is 8.42 Å². The second kappa shape index (κ2) is 6.19. The summed E-state index contributed by atoms with van der Waals surface area (Å²) in [5.41, 5.74) is 0.477. The molecule has 0 fully saturated rings. The molecule has 118 valence electrons. The van der Waals surface area contributed by atoms with Gasteiger partial charge in [0.1, 0.15) is 5.75 Å². The van der Waals surface area contributed by atoms with Gasteiger partial charge in [-0.1, -0.05) is 13.8 Å². The lowest BCUT2D eigenvalue weighted by atomic mass is 9.98. The number of hydrogen-bond acceptors (Lipinski definition) is 5. The first kappa shape index (κ1) is 17.7. The van der Waals surface area contributed by atoms with Crippen LogP contribution in [-0.4, -0.2) is 25.7 Å². The molecule has 0 saturated carbocycles. The molecule has 0 aliphatic rings. The fourth-order valence-corrected chi connectivity index (χ4v) is 3.81. The molecule has 0 unspecified atom stereocenters. The van der Waals surface area contributed by atoms with E-state index in [9.17, 15) is 18.5 Å². The van der Waals surface area contributed by atoms with Gasteiger partial charge in [0.05, 0.1) is 17.3 Å². The number of halogens is 1. The minimum Gasteiger partial charge on any atom is -0.493 e. The quantitative estimate of drug-likeness (QED) is 0.452. The van der Waals surface area contributed by atoms with E-state index < -0.39 is 19.4 Å². The molecular formula is C13H18ClNO5S. The Morgan fingerprint density at radius 1 is 1.29 bits per heavy atom. The Labute approximate surface area is 128 Å². The Morgan fingerprint density at radius 3 is 2.33 bits per heavy atom. The zero-order valence-electron chi connectivity index (χ0n) is 12.3. The predicted octanol–water partition coefficient (Wildman–Crippen LogP) is 3.19. The van der Waals surface area contributed by atoms with E-state index in [1.807, 2.05) is 0 Å². The van der Waals surface area contributed by atoms with Gasteiger partial charge >= 0.3 is 0 Å². The third kappa shape index (κ3) is 5.51. The minimum atomic E-state index is -3.62. The largest absolute Gasteiger partial charge is 0.493 e. The van der Waals surface area contributed by atoms with Crippen LogP contribution in [0.15, 0.2) is 12.1 Å². The first-order valence-electron chi connectivity index (χ1n) is 6.22. The van der Waals surface area contributed by atoms with Crippen molar-refractivity contribution in [3.63, 3.8) is 0 Å². The van der Waals surface area contributed by atoms with Crippen molar-refractivity contribution < 1.29 is 18.1 Å². The van der Waals surface area contributed by atoms with Gasteiger partial charge in [0.2, 0.25) is 9.05 Å². The van der Waals surface area contributed by atoms with E-state index in [0.717, 1.165) is 0 Å². The van der Waals surface area contributed by atoms with Crippen LogP contribution < -0.4 is 4.74 Å². The normalized spacial score (nSPS) is 12.2. The smallest absolute Gasteiger partial charge is 0.272 e. The van der Waals surface area contributed by atoms with Crippen molar-refractivity contribution in [1.82, 2.24) is 0 Å². The van der Waals surface area contributed by atoms with Crippen molar-refractivity contribution in [2.75, 3.05) is 12.4 Å². The number of nitro groups is 1. The Bertz CT molecular complexity index is 655. The fourth-order valence-electron chi connectivity index (χ4n) is 1.91. The molecule has 1 aromatic carbocycles. The molecule has 0 heterocycles. The third-order valence-electron chi connectivity index (χ3n) is 2.87. The van der Waals surface area contributed by atoms with Gasteiger partial charge in [-0.3, -0.25) is 10.1 Å². The SMILES string of the molecule is Cc1cc([N+](=O)[O-])c(C)cc1OCC(C)(C)CS(=O)(=O)Cl. The van der Waals surface area contributed by atoms with Gasteiger partial charge in [0.25, 0.3) is 5.69 Å². The summed E-state index contributed by atoms with van der Waals surface area (Å²) in [5.74, 6) is 0.283. The van der Waals surface area contributed by atoms with Crippen LogP contribution in [0.5, 0.6) is 5.75 Å². The lowest BCUT2D eigenvalue weighted by Crippen LogP contribution is -2.28. The highest BCUT2D eigenvalue weighted by Crippen LogP contribution is 2.29. The zero-order chi connectivity index (χ0) is 16.4. The molecule has 0 spiro atoms. The Balaban J connectivity index is 2.90. The van der Waals surface area contributed by atoms with Gasteiger partial charge in [0, 0.05) is 27.7 Å². The molecule has 6 nitrogen and oxygen atoms in total. The van der Waals surface area contributed by atoms with Crippen molar-refractivity contribution in [2.45, 2.75) is 27.7 Å². The molecule has 21 heavy (non-hydrogen) atoms. The molecular weight excluding hydrogens is 318 g/mol. The summed E-state index contributed by atoms with van der Waals surface area (Å²) < 4.78 is 27.9. The highest BCUT2D eigenvalue weighted by atomic mass is 35.7. The van der Waals surface area contributed by atoms with E-state index in [2.05, 4.69) is 0 Å². The molecule has 0 amide bonds. The maximum Gasteiger partial charge on any atom is 0.272 e. The molecule has 0 aliphatic heterocycles. The number of aryl methyl sites for hydroxylation is 2. The molecule has 0 aromatic heterocycles. The second-order valence-electron chi connectivity index (χ2n) is 5.80. The van der Waals surface area contributed by atoms with Crippen LogP contribution in [0.1, 0.15) is 25.0 Å². The summed E-state index contributed by atoms with van der Waals surface area (Å²) in [7, 11) is 1.63. The van der Waals surface area contributed by atoms with Crippen molar-refractivity contribution in [2.24, 2.45) is 5.41 Å². The highest BCUT2D eigenvalue weighted by Gasteiger charge is 2.26. The standard InChI is InChI=1S/C13H18ClNO5S/c1-9-6-12(10(2)5-11(9)15(16)17)20-7-13(3,4)8-21(14,18)19/h5-6H,7-8H2,1-4H3. The molecule has 0 radical (unpaired) electrons. The fraction of sp³-hybridized carbons (Fsp3) is 0.538. The van der Waals surface area contributed by atoms with E-state index in [1.54, 1.807) is 33.8 Å². The van der Waals surface area contributed by atoms with Crippen LogP contribution in [0.25, 0.3) is 0 Å². The Kier molecular flexibility index (Phi) is 5.22. The van der Waals surface area contributed by atoms with Gasteiger partial charge in [0.15, 0.2) is 0 Å². The topological polar surface area (TPSA) is 86.5 Å². The Morgan fingerprint density at radius 2 is 1.86 bits per heavy atom. The van der Waals surface area contributed by atoms with Crippen LogP contribution in [0, 0.1) is 29.4 Å². The number of nitrogens with zero attached hydrogens (tertiary/aromatic N) is 1. The van der Waals surface area contributed by atoms with Crippen LogP contribution in [0.3, 0.4) is 0 Å². The second-order valence-corrected chi connectivity index (χ2v) is 8.57. The molecule has 0 N–H and O–H groups in total. The summed E-state index contributed by atoms with van der Waals surface area (Å²) in [6.07, 6.45) is 0. The molecule has 8 heteroatoms. The monoisotopic (exact) mass is 335 g/mol. The lowest BCUT2D eigenvalue weighted by Gasteiger charge is -2.23. The van der Waals surface area contributed by atoms with Gasteiger partial charge in [-0.05, 0) is 25.5 Å². The van der Waals surface area contributed by atoms with Gasteiger partial charge in [-0.15, -0.1) is 0 Å². The van der Waals surface area contributed by atoms with Crippen LogP contribution in [0.2, 0.25) is 0 Å². The van der Waals surface area contributed by atoms with Crippen LogP contribution in [-0.2, 0) is 9.05 Å². The van der Waals surface area contributed by atoms with E-state index in [4.69, 9.17) is 15.4 Å². The van der Waals surface area contributed by atoms with Crippen LogP contribution >= 0.6 is 10.7 Å². The van der Waals surface area contributed by atoms with E-state index in [-0.39, 0.29) is 18.0 Å². The maximum atomic E-state index is 11.1. The van der Waals surface area contributed by atoms with E-state index >= 15 is 0 Å². The molecule has 1 rings (SSSR count). The molecule has 0 bridgehead atoms. The number of nitro benzene ring substituents is 1. The third-order valence-corrected chi connectivity index (χ3v) is 4.33. The zero-order valence-corrected chi connectivity index (χ0v) is 13.9. The maximum absolute atomic E-state index is 11.1. The number of benzene rings is 1. The van der Waals surface area contributed by atoms with Crippen molar-refractivity contribution in [3.05, 3.63) is 33.4 Å². The summed E-state index contributed by atoms with van der Waals surface area (Å²) in [6.45, 7) is 6.91. The molecule has 0 aliphatic carbocycles. The summed E-state index contributed by atoms with van der Waals surface area (Å²) in [5, 5.41) is 10.8. The Hall–Kier alpha value is -1.34. The minimum absolute atomic E-state index is 0.0300. The van der Waals surface area contributed by atoms with Crippen molar-refractivity contribution in [1.29, 1.82) is 0 Å². The molecule has 1 aromatic rings. The summed E-state index contributed by atoms with van der Waals surface area (Å²) >= 11 is 0. The predicted molar refractivity (Wildman–Crippen MR) is 81.5 cm³/mol. The lowest BCUT2D eigenvalue weighted by molar-refractivity contribution is -0.385. The molecule has 0 saturated heterocycles.